The normalized spacial score (nSPS) is 18.7. The molecule has 0 amide bonds. The lowest BCUT2D eigenvalue weighted by molar-refractivity contribution is 0.312. The number of hydrogen-bond donors (Lipinski definition) is 1. The number of para-hydroxylation sites is 1. The Morgan fingerprint density at radius 3 is 2.53 bits per heavy atom. The predicted octanol–water partition coefficient (Wildman–Crippen LogP) is 5.57. The van der Waals surface area contributed by atoms with E-state index in [0.29, 0.717) is 0 Å². The van der Waals surface area contributed by atoms with E-state index in [1.54, 1.807) is 0 Å². The highest BCUT2D eigenvalue weighted by atomic mass is 32.1. The summed E-state index contributed by atoms with van der Waals surface area (Å²) in [6, 6.07) is 17.2. The molecule has 3 aromatic rings. The maximum absolute atomic E-state index is 5.79. The Balaban J connectivity index is 1.83. The molecule has 2 atom stereocenters. The fraction of sp³-hybridized carbons (Fsp3) is 0.360. The van der Waals surface area contributed by atoms with Crippen molar-refractivity contribution in [2.45, 2.75) is 52.6 Å². The van der Waals surface area contributed by atoms with E-state index in [4.69, 9.17) is 12.2 Å². The third-order valence-corrected chi connectivity index (χ3v) is 6.45. The molecule has 3 heterocycles. The summed E-state index contributed by atoms with van der Waals surface area (Å²) in [5.74, 6) is 0. The van der Waals surface area contributed by atoms with E-state index in [-0.39, 0.29) is 12.1 Å². The first-order valence-electron chi connectivity index (χ1n) is 10.8. The van der Waals surface area contributed by atoms with Gasteiger partial charge in [0.25, 0.3) is 0 Å². The summed E-state index contributed by atoms with van der Waals surface area (Å²) in [6.45, 7) is 9.76. The molecule has 0 spiro atoms. The van der Waals surface area contributed by atoms with Crippen LogP contribution in [0.5, 0.6) is 0 Å². The maximum atomic E-state index is 5.79. The molecule has 1 fully saturated rings. The number of rotatable bonds is 6. The number of thiocarbonyl (C=S) groups is 1. The average Bonchev–Trinajstić information content (AvgIpc) is 3.23. The number of aryl methyl sites for hydroxylation is 2. The molecule has 0 bridgehead atoms. The van der Waals surface area contributed by atoms with E-state index in [9.17, 15) is 0 Å². The Bertz CT molecular complexity index is 1040. The maximum Gasteiger partial charge on any atom is 0.170 e. The second-order valence-electron chi connectivity index (χ2n) is 8.12. The highest BCUT2D eigenvalue weighted by Gasteiger charge is 2.41. The minimum atomic E-state index is 0.0429. The topological polar surface area (TPSA) is 33.1 Å². The second kappa shape index (κ2) is 8.60. The Hall–Kier alpha value is -2.66. The van der Waals surface area contributed by atoms with Crippen molar-refractivity contribution in [1.82, 2.24) is 19.8 Å². The van der Waals surface area contributed by atoms with Gasteiger partial charge in [-0.15, -0.1) is 0 Å². The van der Waals surface area contributed by atoms with Crippen molar-refractivity contribution in [3.05, 3.63) is 82.9 Å². The van der Waals surface area contributed by atoms with Crippen molar-refractivity contribution in [2.75, 3.05) is 6.54 Å². The van der Waals surface area contributed by atoms with Crippen LogP contribution in [0.2, 0.25) is 0 Å². The van der Waals surface area contributed by atoms with Crippen molar-refractivity contribution in [2.24, 2.45) is 0 Å². The number of benzene rings is 1. The summed E-state index contributed by atoms with van der Waals surface area (Å²) < 4.78 is 2.37. The third-order valence-electron chi connectivity index (χ3n) is 6.10. The summed E-state index contributed by atoms with van der Waals surface area (Å²) in [4.78, 5) is 7.02. The molecule has 156 valence electrons. The number of pyridine rings is 1. The van der Waals surface area contributed by atoms with Gasteiger partial charge in [-0.05, 0) is 74.8 Å². The van der Waals surface area contributed by atoms with E-state index in [2.05, 4.69) is 89.9 Å². The summed E-state index contributed by atoms with van der Waals surface area (Å²) in [6.07, 6.45) is 4.12. The molecule has 0 unspecified atom stereocenters. The minimum absolute atomic E-state index is 0.0429. The van der Waals surface area contributed by atoms with Crippen LogP contribution in [-0.4, -0.2) is 26.1 Å². The van der Waals surface area contributed by atoms with Crippen molar-refractivity contribution in [3.8, 4) is 5.69 Å². The molecule has 2 aromatic heterocycles. The van der Waals surface area contributed by atoms with Crippen LogP contribution in [0.4, 0.5) is 0 Å². The number of nitrogens with zero attached hydrogens (tertiary/aromatic N) is 3. The van der Waals surface area contributed by atoms with Gasteiger partial charge < -0.3 is 14.8 Å². The van der Waals surface area contributed by atoms with Gasteiger partial charge in [-0.25, -0.2) is 0 Å². The Kier molecular flexibility index (Phi) is 5.91. The van der Waals surface area contributed by atoms with Gasteiger partial charge in [-0.1, -0.05) is 37.6 Å². The zero-order valence-electron chi connectivity index (χ0n) is 18.2. The summed E-state index contributed by atoms with van der Waals surface area (Å²) in [7, 11) is 0. The fourth-order valence-corrected chi connectivity index (χ4v) is 4.92. The van der Waals surface area contributed by atoms with Crippen LogP contribution in [0.1, 0.15) is 60.1 Å². The Morgan fingerprint density at radius 1 is 1.07 bits per heavy atom. The number of nitrogens with one attached hydrogen (secondary N) is 1. The van der Waals surface area contributed by atoms with Gasteiger partial charge in [-0.2, -0.15) is 0 Å². The molecule has 30 heavy (non-hydrogen) atoms. The van der Waals surface area contributed by atoms with Gasteiger partial charge in [0, 0.05) is 29.8 Å². The van der Waals surface area contributed by atoms with Crippen molar-refractivity contribution in [3.63, 3.8) is 0 Å². The van der Waals surface area contributed by atoms with Gasteiger partial charge in [0.15, 0.2) is 5.11 Å². The molecule has 1 aliphatic rings. The number of hydrogen-bond acceptors (Lipinski definition) is 2. The average molecular weight is 419 g/mol. The second-order valence-corrected chi connectivity index (χ2v) is 8.51. The summed E-state index contributed by atoms with van der Waals surface area (Å²) >= 11 is 5.79. The van der Waals surface area contributed by atoms with Crippen LogP contribution in [-0.2, 0) is 0 Å². The first-order chi connectivity index (χ1) is 14.5. The van der Waals surface area contributed by atoms with Gasteiger partial charge in [0.1, 0.15) is 0 Å². The number of unbranched alkanes of at least 4 members (excludes halogenated alkanes) is 1. The zero-order chi connectivity index (χ0) is 21.3. The fourth-order valence-electron chi connectivity index (χ4n) is 4.59. The molecule has 1 aliphatic heterocycles. The largest absolute Gasteiger partial charge is 0.352 e. The third kappa shape index (κ3) is 3.63. The quantitative estimate of drug-likeness (QED) is 0.531. The summed E-state index contributed by atoms with van der Waals surface area (Å²) in [5, 5.41) is 4.39. The van der Waals surface area contributed by atoms with Crippen molar-refractivity contribution >= 4 is 17.3 Å². The smallest absolute Gasteiger partial charge is 0.170 e. The first kappa shape index (κ1) is 20.6. The van der Waals surface area contributed by atoms with Gasteiger partial charge >= 0.3 is 0 Å². The monoisotopic (exact) mass is 418 g/mol. The van der Waals surface area contributed by atoms with E-state index < -0.39 is 0 Å². The van der Waals surface area contributed by atoms with Crippen LogP contribution in [0.3, 0.4) is 0 Å². The van der Waals surface area contributed by atoms with Crippen LogP contribution in [0.15, 0.2) is 54.7 Å². The Morgan fingerprint density at radius 2 is 1.83 bits per heavy atom. The number of aromatic nitrogens is 2. The molecule has 1 aromatic carbocycles. The Labute approximate surface area is 184 Å². The van der Waals surface area contributed by atoms with Crippen LogP contribution >= 0.6 is 12.2 Å². The molecule has 5 heteroatoms. The minimum Gasteiger partial charge on any atom is -0.352 e. The van der Waals surface area contributed by atoms with Crippen molar-refractivity contribution < 1.29 is 0 Å². The highest BCUT2D eigenvalue weighted by molar-refractivity contribution is 7.80. The van der Waals surface area contributed by atoms with Crippen molar-refractivity contribution in [1.29, 1.82) is 0 Å². The standard InChI is InChI=1S/C25H30N4S/c1-5-6-15-28-24(23(27-25(28)30)21-12-9-10-14-26-21)20-16-18(3)29(19(20)4)22-13-8-7-11-17(22)2/h7-14,16,23-24H,5-6,15H2,1-4H3,(H,27,30)/t23-,24-/m0/s1. The molecule has 4 rings (SSSR count). The molecule has 0 radical (unpaired) electrons. The SMILES string of the molecule is CCCCN1C(=S)N[C@@H](c2ccccn2)[C@@H]1c1cc(C)n(-c2ccccc2C)c1C. The van der Waals surface area contributed by atoms with E-state index in [0.717, 1.165) is 30.2 Å². The summed E-state index contributed by atoms with van der Waals surface area (Å²) in [5.41, 5.74) is 7.36. The lowest BCUT2D eigenvalue weighted by Gasteiger charge is -2.28. The molecular formula is C25H30N4S. The van der Waals surface area contributed by atoms with E-state index >= 15 is 0 Å². The van der Waals surface area contributed by atoms with E-state index in [1.807, 2.05) is 12.3 Å². The lowest BCUT2D eigenvalue weighted by Crippen LogP contribution is -2.30. The highest BCUT2D eigenvalue weighted by Crippen LogP contribution is 2.41. The zero-order valence-corrected chi connectivity index (χ0v) is 19.0. The molecule has 1 N–H and O–H groups in total. The van der Waals surface area contributed by atoms with Gasteiger partial charge in [0.2, 0.25) is 0 Å². The molecular weight excluding hydrogens is 388 g/mol. The molecule has 1 saturated heterocycles. The van der Waals surface area contributed by atoms with Crippen LogP contribution in [0, 0.1) is 20.8 Å². The first-order valence-corrected chi connectivity index (χ1v) is 11.2. The lowest BCUT2D eigenvalue weighted by atomic mass is 9.96. The van der Waals surface area contributed by atoms with Gasteiger partial charge in [-0.3, -0.25) is 4.98 Å². The van der Waals surface area contributed by atoms with E-state index in [1.165, 1.54) is 28.2 Å². The molecule has 0 aliphatic carbocycles. The molecule has 4 nitrogen and oxygen atoms in total. The van der Waals surface area contributed by atoms with Crippen LogP contribution in [0.25, 0.3) is 5.69 Å². The van der Waals surface area contributed by atoms with Gasteiger partial charge in [0.05, 0.1) is 17.8 Å². The predicted molar refractivity (Wildman–Crippen MR) is 127 cm³/mol. The van der Waals surface area contributed by atoms with Crippen LogP contribution < -0.4 is 5.32 Å². The molecule has 0 saturated carbocycles.